The second-order valence-electron chi connectivity index (χ2n) is 4.20. The molecule has 0 radical (unpaired) electrons. The molecule has 0 atom stereocenters. The summed E-state index contributed by atoms with van der Waals surface area (Å²) in [5.74, 6) is 0.959. The zero-order valence-corrected chi connectivity index (χ0v) is 9.09. The molecule has 0 aromatic carbocycles. The second kappa shape index (κ2) is 4.77. The Morgan fingerprint density at radius 3 is 2.80 bits per heavy atom. The van der Waals surface area contributed by atoms with Crippen molar-refractivity contribution >= 4 is 0 Å². The predicted octanol–water partition coefficient (Wildman–Crippen LogP) is 1.24. The molecule has 1 aromatic heterocycles. The lowest BCUT2D eigenvalue weighted by molar-refractivity contribution is -0.0148. The fraction of sp³-hybridized carbons (Fsp3) is 0.727. The quantitative estimate of drug-likeness (QED) is 0.816. The second-order valence-corrected chi connectivity index (χ2v) is 4.20. The van der Waals surface area contributed by atoms with Gasteiger partial charge in [0.25, 0.3) is 0 Å². The molecule has 2 rings (SSSR count). The zero-order chi connectivity index (χ0) is 10.7. The van der Waals surface area contributed by atoms with Gasteiger partial charge in [-0.05, 0) is 25.7 Å². The Morgan fingerprint density at radius 2 is 2.20 bits per heavy atom. The van der Waals surface area contributed by atoms with Crippen LogP contribution in [0, 0.1) is 0 Å². The van der Waals surface area contributed by atoms with Gasteiger partial charge in [0.15, 0.2) is 0 Å². The average Bonchev–Trinajstić information content (AvgIpc) is 2.63. The van der Waals surface area contributed by atoms with E-state index in [1.54, 1.807) is 6.20 Å². The minimum atomic E-state index is -0.113. The molecule has 1 aromatic rings. The molecular formula is C11H18N2O2. The molecule has 0 bridgehead atoms. The molecule has 15 heavy (non-hydrogen) atoms. The van der Waals surface area contributed by atoms with Crippen molar-refractivity contribution in [3.05, 3.63) is 18.2 Å². The van der Waals surface area contributed by atoms with E-state index in [-0.39, 0.29) is 6.10 Å². The SMILES string of the molecule is Cn1ccnc1COC1CCC(O)CC1. The van der Waals surface area contributed by atoms with E-state index in [9.17, 15) is 5.11 Å². The van der Waals surface area contributed by atoms with Crippen molar-refractivity contribution in [3.63, 3.8) is 0 Å². The molecule has 1 aliphatic rings. The van der Waals surface area contributed by atoms with Crippen LogP contribution in [0.1, 0.15) is 31.5 Å². The number of ether oxygens (including phenoxy) is 1. The highest BCUT2D eigenvalue weighted by Gasteiger charge is 2.19. The van der Waals surface area contributed by atoms with Crippen molar-refractivity contribution in [2.75, 3.05) is 0 Å². The summed E-state index contributed by atoms with van der Waals surface area (Å²) in [7, 11) is 1.97. The normalized spacial score (nSPS) is 26.8. The van der Waals surface area contributed by atoms with Crippen molar-refractivity contribution in [1.82, 2.24) is 9.55 Å². The summed E-state index contributed by atoms with van der Waals surface area (Å²) < 4.78 is 7.73. The Bertz CT molecular complexity index is 303. The number of rotatable bonds is 3. The van der Waals surface area contributed by atoms with E-state index in [1.807, 2.05) is 17.8 Å². The smallest absolute Gasteiger partial charge is 0.134 e. The molecule has 0 amide bonds. The predicted molar refractivity (Wildman–Crippen MR) is 56.3 cm³/mol. The number of nitrogens with zero attached hydrogens (tertiary/aromatic N) is 2. The summed E-state index contributed by atoms with van der Waals surface area (Å²) in [6.07, 6.45) is 7.54. The van der Waals surface area contributed by atoms with Gasteiger partial charge >= 0.3 is 0 Å². The molecule has 1 saturated carbocycles. The number of aliphatic hydroxyl groups excluding tert-OH is 1. The molecule has 0 unspecified atom stereocenters. The first-order valence-corrected chi connectivity index (χ1v) is 5.51. The van der Waals surface area contributed by atoms with Gasteiger partial charge in [0.05, 0.1) is 12.2 Å². The average molecular weight is 210 g/mol. The number of imidazole rings is 1. The summed E-state index contributed by atoms with van der Waals surface area (Å²) >= 11 is 0. The van der Waals surface area contributed by atoms with Gasteiger partial charge in [-0.3, -0.25) is 0 Å². The Kier molecular flexibility index (Phi) is 3.38. The molecule has 4 heteroatoms. The van der Waals surface area contributed by atoms with Gasteiger partial charge in [0, 0.05) is 19.4 Å². The van der Waals surface area contributed by atoms with Crippen molar-refractivity contribution in [3.8, 4) is 0 Å². The maximum absolute atomic E-state index is 9.35. The Hall–Kier alpha value is -0.870. The lowest BCUT2D eigenvalue weighted by atomic mass is 9.95. The summed E-state index contributed by atoms with van der Waals surface area (Å²) in [4.78, 5) is 4.20. The molecule has 1 N–H and O–H groups in total. The van der Waals surface area contributed by atoms with Gasteiger partial charge < -0.3 is 14.4 Å². The monoisotopic (exact) mass is 210 g/mol. The highest BCUT2D eigenvalue weighted by Crippen LogP contribution is 2.21. The lowest BCUT2D eigenvalue weighted by Crippen LogP contribution is -2.24. The summed E-state index contributed by atoms with van der Waals surface area (Å²) in [6.45, 7) is 0.574. The van der Waals surface area contributed by atoms with Gasteiger partial charge in [-0.15, -0.1) is 0 Å². The number of aliphatic hydroxyl groups is 1. The van der Waals surface area contributed by atoms with Crippen LogP contribution in [0.4, 0.5) is 0 Å². The molecule has 1 aliphatic carbocycles. The molecule has 0 aliphatic heterocycles. The maximum Gasteiger partial charge on any atom is 0.134 e. The molecule has 0 saturated heterocycles. The third-order valence-electron chi connectivity index (χ3n) is 3.01. The summed E-state index contributed by atoms with van der Waals surface area (Å²) in [6, 6.07) is 0. The van der Waals surface area contributed by atoms with Crippen LogP contribution in [0.3, 0.4) is 0 Å². The van der Waals surface area contributed by atoms with Gasteiger partial charge in [0.1, 0.15) is 12.4 Å². The van der Waals surface area contributed by atoms with Crippen LogP contribution in [0.25, 0.3) is 0 Å². The highest BCUT2D eigenvalue weighted by molar-refractivity contribution is 4.89. The van der Waals surface area contributed by atoms with E-state index < -0.39 is 0 Å². The van der Waals surface area contributed by atoms with E-state index in [1.165, 1.54) is 0 Å². The molecule has 1 heterocycles. The van der Waals surface area contributed by atoms with Crippen molar-refractivity contribution in [1.29, 1.82) is 0 Å². The summed E-state index contributed by atoms with van der Waals surface area (Å²) in [5, 5.41) is 9.35. The Labute approximate surface area is 89.9 Å². The minimum absolute atomic E-state index is 0.113. The molecular weight excluding hydrogens is 192 g/mol. The number of aryl methyl sites for hydroxylation is 1. The minimum Gasteiger partial charge on any atom is -0.393 e. The fourth-order valence-electron chi connectivity index (χ4n) is 1.94. The van der Waals surface area contributed by atoms with Crippen LogP contribution in [0.15, 0.2) is 12.4 Å². The van der Waals surface area contributed by atoms with E-state index in [0.717, 1.165) is 31.5 Å². The molecule has 1 fully saturated rings. The zero-order valence-electron chi connectivity index (χ0n) is 9.09. The largest absolute Gasteiger partial charge is 0.393 e. The van der Waals surface area contributed by atoms with Crippen molar-refractivity contribution in [2.45, 2.75) is 44.5 Å². The Morgan fingerprint density at radius 1 is 1.47 bits per heavy atom. The fourth-order valence-corrected chi connectivity index (χ4v) is 1.94. The van der Waals surface area contributed by atoms with Gasteiger partial charge in [-0.1, -0.05) is 0 Å². The first-order chi connectivity index (χ1) is 7.25. The van der Waals surface area contributed by atoms with E-state index in [0.29, 0.717) is 12.7 Å². The number of aromatic nitrogens is 2. The van der Waals surface area contributed by atoms with Crippen LogP contribution in [0.5, 0.6) is 0 Å². The van der Waals surface area contributed by atoms with E-state index in [4.69, 9.17) is 4.74 Å². The van der Waals surface area contributed by atoms with Crippen LogP contribution < -0.4 is 0 Å². The standard InChI is InChI=1S/C11H18N2O2/c1-13-7-6-12-11(13)8-15-10-4-2-9(14)3-5-10/h6-7,9-10,14H,2-5,8H2,1H3. The van der Waals surface area contributed by atoms with Crippen LogP contribution in [-0.4, -0.2) is 26.9 Å². The molecule has 84 valence electrons. The van der Waals surface area contributed by atoms with Crippen LogP contribution in [-0.2, 0) is 18.4 Å². The van der Waals surface area contributed by atoms with Gasteiger partial charge in [0.2, 0.25) is 0 Å². The van der Waals surface area contributed by atoms with Crippen LogP contribution in [0.2, 0.25) is 0 Å². The van der Waals surface area contributed by atoms with Crippen molar-refractivity contribution in [2.24, 2.45) is 7.05 Å². The first kappa shape index (κ1) is 10.6. The number of hydrogen-bond acceptors (Lipinski definition) is 3. The third kappa shape index (κ3) is 2.79. The topological polar surface area (TPSA) is 47.3 Å². The van der Waals surface area contributed by atoms with Crippen molar-refractivity contribution < 1.29 is 9.84 Å². The Balaban J connectivity index is 1.77. The molecule has 4 nitrogen and oxygen atoms in total. The highest BCUT2D eigenvalue weighted by atomic mass is 16.5. The molecule has 0 spiro atoms. The van der Waals surface area contributed by atoms with Crippen LogP contribution >= 0.6 is 0 Å². The summed E-state index contributed by atoms with van der Waals surface area (Å²) in [5.41, 5.74) is 0. The van der Waals surface area contributed by atoms with Gasteiger partial charge in [-0.2, -0.15) is 0 Å². The van der Waals surface area contributed by atoms with E-state index >= 15 is 0 Å². The first-order valence-electron chi connectivity index (χ1n) is 5.51. The maximum atomic E-state index is 9.35. The lowest BCUT2D eigenvalue weighted by Gasteiger charge is -2.25. The third-order valence-corrected chi connectivity index (χ3v) is 3.01. The number of hydrogen-bond donors (Lipinski definition) is 1. The van der Waals surface area contributed by atoms with E-state index in [2.05, 4.69) is 4.98 Å². The van der Waals surface area contributed by atoms with Gasteiger partial charge in [-0.25, -0.2) is 4.98 Å².